The molecular weight excluding hydrogens is 266 g/mol. The number of carbonyl (C=O) groups is 1. The van der Waals surface area contributed by atoms with Gasteiger partial charge < -0.3 is 20.7 Å². The zero-order valence-corrected chi connectivity index (χ0v) is 12.8. The molecule has 5 nitrogen and oxygen atoms in total. The maximum atomic E-state index is 12.1. The predicted molar refractivity (Wildman–Crippen MR) is 84.2 cm³/mol. The van der Waals surface area contributed by atoms with Gasteiger partial charge in [0, 0.05) is 31.9 Å². The quantitative estimate of drug-likeness (QED) is 0.759. The largest absolute Gasteiger partial charge is 0.379 e. The Morgan fingerprint density at radius 1 is 1.52 bits per heavy atom. The average molecular weight is 291 g/mol. The van der Waals surface area contributed by atoms with Crippen molar-refractivity contribution in [2.75, 3.05) is 32.1 Å². The molecule has 1 aliphatic rings. The van der Waals surface area contributed by atoms with Gasteiger partial charge in [0.25, 0.3) is 0 Å². The van der Waals surface area contributed by atoms with Crippen LogP contribution in [-0.4, -0.2) is 37.7 Å². The first kappa shape index (κ1) is 15.8. The normalized spacial score (nSPS) is 15.6. The van der Waals surface area contributed by atoms with Crippen LogP contribution >= 0.6 is 0 Å². The number of nitrogens with one attached hydrogen (secondary N) is 1. The molecule has 0 aromatic heterocycles. The summed E-state index contributed by atoms with van der Waals surface area (Å²) in [6.07, 6.45) is 2.57. The SMILES string of the molecule is CC(N)c1cccc(NC(=O)N(C)CCOCC2CC2)c1. The fourth-order valence-corrected chi connectivity index (χ4v) is 1.96. The van der Waals surface area contributed by atoms with Crippen molar-refractivity contribution in [2.45, 2.75) is 25.8 Å². The highest BCUT2D eigenvalue weighted by Gasteiger charge is 2.21. The number of nitrogens with zero attached hydrogens (tertiary/aromatic N) is 1. The Morgan fingerprint density at radius 3 is 2.95 bits per heavy atom. The Kier molecular flexibility index (Phi) is 5.59. The molecule has 21 heavy (non-hydrogen) atoms. The molecule has 1 fully saturated rings. The number of hydrogen-bond acceptors (Lipinski definition) is 3. The summed E-state index contributed by atoms with van der Waals surface area (Å²) < 4.78 is 5.54. The molecule has 0 spiro atoms. The summed E-state index contributed by atoms with van der Waals surface area (Å²) in [7, 11) is 1.77. The molecule has 1 aromatic carbocycles. The number of rotatable bonds is 7. The second kappa shape index (κ2) is 7.43. The highest BCUT2D eigenvalue weighted by atomic mass is 16.5. The molecule has 0 aliphatic heterocycles. The maximum Gasteiger partial charge on any atom is 0.321 e. The molecule has 0 heterocycles. The minimum Gasteiger partial charge on any atom is -0.379 e. The molecule has 0 bridgehead atoms. The number of amides is 2. The van der Waals surface area contributed by atoms with Gasteiger partial charge in [-0.2, -0.15) is 0 Å². The predicted octanol–water partition coefficient (Wildman–Crippen LogP) is 2.60. The van der Waals surface area contributed by atoms with E-state index in [9.17, 15) is 4.79 Å². The molecule has 5 heteroatoms. The van der Waals surface area contributed by atoms with Crippen molar-refractivity contribution in [3.05, 3.63) is 29.8 Å². The number of nitrogens with two attached hydrogens (primary N) is 1. The minimum atomic E-state index is -0.133. The second-order valence-corrected chi connectivity index (χ2v) is 5.78. The van der Waals surface area contributed by atoms with Gasteiger partial charge in [0.1, 0.15) is 0 Å². The Balaban J connectivity index is 1.75. The molecule has 1 saturated carbocycles. The fraction of sp³-hybridized carbons (Fsp3) is 0.562. The van der Waals surface area contributed by atoms with Crippen LogP contribution in [0.2, 0.25) is 0 Å². The van der Waals surface area contributed by atoms with Crippen LogP contribution in [0, 0.1) is 5.92 Å². The summed E-state index contributed by atoms with van der Waals surface area (Å²) in [5.41, 5.74) is 7.61. The van der Waals surface area contributed by atoms with Gasteiger partial charge >= 0.3 is 6.03 Å². The fourth-order valence-electron chi connectivity index (χ4n) is 1.96. The van der Waals surface area contributed by atoms with Gasteiger partial charge in [0.15, 0.2) is 0 Å². The summed E-state index contributed by atoms with van der Waals surface area (Å²) in [6, 6.07) is 7.44. The van der Waals surface area contributed by atoms with E-state index in [4.69, 9.17) is 10.5 Å². The lowest BCUT2D eigenvalue weighted by Crippen LogP contribution is -2.34. The first-order valence-corrected chi connectivity index (χ1v) is 7.51. The van der Waals surface area contributed by atoms with Gasteiger partial charge in [-0.25, -0.2) is 4.79 Å². The maximum absolute atomic E-state index is 12.1. The molecule has 2 rings (SSSR count). The molecular formula is C16H25N3O2. The topological polar surface area (TPSA) is 67.6 Å². The number of benzene rings is 1. The van der Waals surface area contributed by atoms with E-state index in [1.54, 1.807) is 11.9 Å². The van der Waals surface area contributed by atoms with E-state index >= 15 is 0 Å². The molecule has 1 atom stereocenters. The summed E-state index contributed by atoms with van der Waals surface area (Å²) >= 11 is 0. The van der Waals surface area contributed by atoms with Gasteiger partial charge in [0.2, 0.25) is 0 Å². The van der Waals surface area contributed by atoms with Gasteiger partial charge in [-0.15, -0.1) is 0 Å². The summed E-state index contributed by atoms with van der Waals surface area (Å²) in [5.74, 6) is 0.755. The molecule has 116 valence electrons. The van der Waals surface area contributed by atoms with Gasteiger partial charge in [-0.1, -0.05) is 12.1 Å². The first-order chi connectivity index (χ1) is 10.1. The van der Waals surface area contributed by atoms with Crippen LogP contribution in [-0.2, 0) is 4.74 Å². The van der Waals surface area contributed by atoms with Crippen LogP contribution in [0.5, 0.6) is 0 Å². The molecule has 1 unspecified atom stereocenters. The Labute approximate surface area is 126 Å². The Bertz CT molecular complexity index is 472. The Hall–Kier alpha value is -1.59. The van der Waals surface area contributed by atoms with E-state index in [1.807, 2.05) is 31.2 Å². The van der Waals surface area contributed by atoms with Crippen molar-refractivity contribution < 1.29 is 9.53 Å². The van der Waals surface area contributed by atoms with E-state index in [0.717, 1.165) is 23.8 Å². The minimum absolute atomic E-state index is 0.0459. The van der Waals surface area contributed by atoms with Crippen LogP contribution < -0.4 is 11.1 Å². The number of likely N-dealkylation sites (N-methyl/N-ethyl adjacent to an activating group) is 1. The van der Waals surface area contributed by atoms with Crippen molar-refractivity contribution in [1.29, 1.82) is 0 Å². The lowest BCUT2D eigenvalue weighted by atomic mass is 10.1. The smallest absolute Gasteiger partial charge is 0.321 e. The van der Waals surface area contributed by atoms with Gasteiger partial charge in [-0.3, -0.25) is 0 Å². The van der Waals surface area contributed by atoms with Crippen LogP contribution in [0.25, 0.3) is 0 Å². The van der Waals surface area contributed by atoms with E-state index < -0.39 is 0 Å². The van der Waals surface area contributed by atoms with Crippen LogP contribution in [0.4, 0.5) is 10.5 Å². The first-order valence-electron chi connectivity index (χ1n) is 7.51. The third kappa shape index (κ3) is 5.36. The monoisotopic (exact) mass is 291 g/mol. The molecule has 0 radical (unpaired) electrons. The summed E-state index contributed by atoms with van der Waals surface area (Å²) in [5, 5.41) is 2.87. The van der Waals surface area contributed by atoms with E-state index in [1.165, 1.54) is 12.8 Å². The lowest BCUT2D eigenvalue weighted by Gasteiger charge is -2.18. The third-order valence-electron chi connectivity index (χ3n) is 3.63. The molecule has 1 aromatic rings. The molecule has 3 N–H and O–H groups in total. The second-order valence-electron chi connectivity index (χ2n) is 5.78. The molecule has 2 amide bonds. The highest BCUT2D eigenvalue weighted by molar-refractivity contribution is 5.89. The van der Waals surface area contributed by atoms with Gasteiger partial charge in [0.05, 0.1) is 6.61 Å². The standard InChI is InChI=1S/C16H25N3O2/c1-12(17)14-4-3-5-15(10-14)18-16(20)19(2)8-9-21-11-13-6-7-13/h3-5,10,12-13H,6-9,11,17H2,1-2H3,(H,18,20). The Morgan fingerprint density at radius 2 is 2.29 bits per heavy atom. The van der Waals surface area contributed by atoms with Crippen molar-refractivity contribution in [1.82, 2.24) is 4.90 Å². The highest BCUT2D eigenvalue weighted by Crippen LogP contribution is 2.28. The third-order valence-corrected chi connectivity index (χ3v) is 3.63. The van der Waals surface area contributed by atoms with Crippen molar-refractivity contribution in [3.63, 3.8) is 0 Å². The van der Waals surface area contributed by atoms with E-state index in [0.29, 0.717) is 13.2 Å². The number of hydrogen-bond donors (Lipinski definition) is 2. The van der Waals surface area contributed by atoms with Crippen LogP contribution in [0.1, 0.15) is 31.4 Å². The summed E-state index contributed by atoms with van der Waals surface area (Å²) in [6.45, 7) is 3.92. The zero-order valence-electron chi connectivity index (χ0n) is 12.8. The van der Waals surface area contributed by atoms with Crippen molar-refractivity contribution >= 4 is 11.7 Å². The van der Waals surface area contributed by atoms with E-state index in [2.05, 4.69) is 5.32 Å². The number of anilines is 1. The molecule has 1 aliphatic carbocycles. The van der Waals surface area contributed by atoms with Crippen molar-refractivity contribution in [3.8, 4) is 0 Å². The zero-order chi connectivity index (χ0) is 15.2. The number of urea groups is 1. The number of carbonyl (C=O) groups excluding carboxylic acids is 1. The average Bonchev–Trinajstić information content (AvgIpc) is 3.27. The summed E-state index contributed by atoms with van der Waals surface area (Å²) in [4.78, 5) is 13.7. The number of ether oxygens (including phenoxy) is 1. The van der Waals surface area contributed by atoms with Gasteiger partial charge in [-0.05, 0) is 43.4 Å². The molecule has 0 saturated heterocycles. The van der Waals surface area contributed by atoms with Crippen LogP contribution in [0.3, 0.4) is 0 Å². The lowest BCUT2D eigenvalue weighted by molar-refractivity contribution is 0.109. The van der Waals surface area contributed by atoms with E-state index in [-0.39, 0.29) is 12.1 Å². The van der Waals surface area contributed by atoms with Crippen LogP contribution in [0.15, 0.2) is 24.3 Å². The van der Waals surface area contributed by atoms with Crippen molar-refractivity contribution in [2.24, 2.45) is 11.7 Å².